The summed E-state index contributed by atoms with van der Waals surface area (Å²) in [5.74, 6) is -0.767. The zero-order valence-electron chi connectivity index (χ0n) is 10.5. The highest BCUT2D eigenvalue weighted by Gasteiger charge is 2.10. The molecule has 0 fully saturated rings. The fraction of sp³-hybridized carbons (Fsp3) is 0.0769. The van der Waals surface area contributed by atoms with Crippen molar-refractivity contribution in [2.45, 2.75) is 6.54 Å². The molecular formula is C13H8Cl2N4O2. The molecule has 0 bridgehead atoms. The van der Waals surface area contributed by atoms with Crippen LogP contribution in [-0.2, 0) is 6.54 Å². The van der Waals surface area contributed by atoms with Crippen molar-refractivity contribution in [1.82, 2.24) is 4.57 Å². The van der Waals surface area contributed by atoms with E-state index < -0.39 is 5.91 Å². The number of halogens is 2. The second-order valence-electron chi connectivity index (χ2n) is 4.08. The number of amides is 1. The minimum atomic E-state index is -0.767. The smallest absolute Gasteiger partial charge is 0.250 e. The quantitative estimate of drug-likeness (QED) is 0.490. The maximum atomic E-state index is 11.8. The number of carbonyl (C=O) groups is 1. The van der Waals surface area contributed by atoms with E-state index >= 15 is 0 Å². The Bertz CT molecular complexity index is 790. The molecule has 0 radical (unpaired) electrons. The Labute approximate surface area is 129 Å². The predicted octanol–water partition coefficient (Wildman–Crippen LogP) is 3.65. The van der Waals surface area contributed by atoms with Gasteiger partial charge in [0.15, 0.2) is 0 Å². The summed E-state index contributed by atoms with van der Waals surface area (Å²) in [7, 11) is 0. The molecule has 106 valence electrons. The van der Waals surface area contributed by atoms with Gasteiger partial charge in [-0.3, -0.25) is 9.59 Å². The van der Waals surface area contributed by atoms with Crippen LogP contribution in [-0.4, -0.2) is 10.5 Å². The van der Waals surface area contributed by atoms with Gasteiger partial charge in [0, 0.05) is 38.3 Å². The molecule has 0 spiro atoms. The largest absolute Gasteiger partial charge is 0.310 e. The second-order valence-corrected chi connectivity index (χ2v) is 4.89. The van der Waals surface area contributed by atoms with Crippen molar-refractivity contribution in [3.8, 4) is 0 Å². The molecule has 8 heteroatoms. The number of nitrogens with zero attached hydrogens (tertiary/aromatic N) is 4. The van der Waals surface area contributed by atoms with Gasteiger partial charge in [0.1, 0.15) is 0 Å². The van der Waals surface area contributed by atoms with Gasteiger partial charge in [0.05, 0.1) is 6.54 Å². The molecule has 0 aliphatic carbocycles. The number of azide groups is 1. The third-order valence-corrected chi connectivity index (χ3v) is 3.46. The Morgan fingerprint density at radius 2 is 1.90 bits per heavy atom. The molecule has 1 aromatic heterocycles. The lowest BCUT2D eigenvalue weighted by atomic mass is 10.2. The lowest BCUT2D eigenvalue weighted by Crippen LogP contribution is -2.20. The van der Waals surface area contributed by atoms with Crippen molar-refractivity contribution < 1.29 is 4.79 Å². The molecule has 1 amide bonds. The SMILES string of the molecule is [N-]=[N+]=NC(=O)c1ccc(=O)n(Cc2c(Cl)cccc2Cl)c1. The first-order chi connectivity index (χ1) is 10.0. The molecule has 0 aliphatic heterocycles. The van der Waals surface area contributed by atoms with Crippen LogP contribution >= 0.6 is 23.2 Å². The highest BCUT2D eigenvalue weighted by atomic mass is 35.5. The topological polar surface area (TPSA) is 87.8 Å². The van der Waals surface area contributed by atoms with Crippen LogP contribution in [0, 0.1) is 0 Å². The van der Waals surface area contributed by atoms with Crippen LogP contribution in [0.5, 0.6) is 0 Å². The average molecular weight is 323 g/mol. The Balaban J connectivity index is 2.45. The highest BCUT2D eigenvalue weighted by molar-refractivity contribution is 6.35. The Hall–Kier alpha value is -2.27. The fourth-order valence-corrected chi connectivity index (χ4v) is 2.25. The van der Waals surface area contributed by atoms with E-state index in [2.05, 4.69) is 10.0 Å². The van der Waals surface area contributed by atoms with Crippen molar-refractivity contribution in [2.24, 2.45) is 5.11 Å². The third kappa shape index (κ3) is 3.44. The molecule has 2 aromatic rings. The van der Waals surface area contributed by atoms with Gasteiger partial charge in [-0.25, -0.2) is 0 Å². The molecular weight excluding hydrogens is 315 g/mol. The molecule has 0 N–H and O–H groups in total. The zero-order valence-corrected chi connectivity index (χ0v) is 12.0. The molecule has 0 unspecified atom stereocenters. The van der Waals surface area contributed by atoms with E-state index in [1.807, 2.05) is 0 Å². The maximum Gasteiger partial charge on any atom is 0.250 e. The molecule has 6 nitrogen and oxygen atoms in total. The maximum absolute atomic E-state index is 11.8. The first-order valence-electron chi connectivity index (χ1n) is 5.75. The van der Waals surface area contributed by atoms with Gasteiger partial charge in [-0.2, -0.15) is 0 Å². The van der Waals surface area contributed by atoms with E-state index in [9.17, 15) is 9.59 Å². The second kappa shape index (κ2) is 6.45. The first-order valence-corrected chi connectivity index (χ1v) is 6.51. The summed E-state index contributed by atoms with van der Waals surface area (Å²) in [6.07, 6.45) is 1.30. The van der Waals surface area contributed by atoms with E-state index in [1.165, 1.54) is 22.9 Å². The highest BCUT2D eigenvalue weighted by Crippen LogP contribution is 2.24. The van der Waals surface area contributed by atoms with Crippen LogP contribution in [0.15, 0.2) is 46.4 Å². The van der Waals surface area contributed by atoms with Crippen molar-refractivity contribution in [3.63, 3.8) is 0 Å². The van der Waals surface area contributed by atoms with Crippen LogP contribution in [0.1, 0.15) is 15.9 Å². The van der Waals surface area contributed by atoms with Crippen molar-refractivity contribution in [2.75, 3.05) is 0 Å². The van der Waals surface area contributed by atoms with Gasteiger partial charge in [-0.15, -0.1) is 0 Å². The lowest BCUT2D eigenvalue weighted by molar-refractivity contribution is 0.0999. The molecule has 0 aliphatic rings. The number of hydrogen-bond donors (Lipinski definition) is 0. The standard InChI is InChI=1S/C13H8Cl2N4O2/c14-10-2-1-3-11(15)9(10)7-19-6-8(4-5-12(19)20)13(21)17-18-16/h1-6H,7H2. The van der Waals surface area contributed by atoms with Crippen LogP contribution < -0.4 is 5.56 Å². The number of benzene rings is 1. The lowest BCUT2D eigenvalue weighted by Gasteiger charge is -2.10. The number of aromatic nitrogens is 1. The molecule has 21 heavy (non-hydrogen) atoms. The summed E-state index contributed by atoms with van der Waals surface area (Å²) in [6.45, 7) is 0.106. The Morgan fingerprint density at radius 1 is 1.24 bits per heavy atom. The van der Waals surface area contributed by atoms with Crippen molar-refractivity contribution in [1.29, 1.82) is 0 Å². The Morgan fingerprint density at radius 3 is 2.52 bits per heavy atom. The average Bonchev–Trinajstić information content (AvgIpc) is 2.45. The summed E-state index contributed by atoms with van der Waals surface area (Å²) in [5.41, 5.74) is 8.61. The minimum Gasteiger partial charge on any atom is -0.310 e. The summed E-state index contributed by atoms with van der Waals surface area (Å²) in [5, 5.41) is 3.82. The van der Waals surface area contributed by atoms with E-state index in [0.717, 1.165) is 0 Å². The van der Waals surface area contributed by atoms with Gasteiger partial charge in [-0.05, 0) is 28.8 Å². The molecule has 0 saturated carbocycles. The summed E-state index contributed by atoms with van der Waals surface area (Å²) < 4.78 is 1.27. The van der Waals surface area contributed by atoms with Gasteiger partial charge < -0.3 is 4.57 Å². The van der Waals surface area contributed by atoms with Crippen molar-refractivity contribution in [3.05, 3.63) is 78.5 Å². The van der Waals surface area contributed by atoms with E-state index in [0.29, 0.717) is 15.6 Å². The van der Waals surface area contributed by atoms with Crippen LogP contribution in [0.3, 0.4) is 0 Å². The monoisotopic (exact) mass is 322 g/mol. The number of pyridine rings is 1. The molecule has 0 saturated heterocycles. The molecule has 1 heterocycles. The summed E-state index contributed by atoms with van der Waals surface area (Å²) in [4.78, 5) is 25.8. The summed E-state index contributed by atoms with van der Waals surface area (Å²) >= 11 is 12.1. The van der Waals surface area contributed by atoms with Gasteiger partial charge in [0.2, 0.25) is 0 Å². The zero-order chi connectivity index (χ0) is 15.4. The van der Waals surface area contributed by atoms with Crippen LogP contribution in [0.4, 0.5) is 0 Å². The van der Waals surface area contributed by atoms with Crippen LogP contribution in [0.25, 0.3) is 10.4 Å². The predicted molar refractivity (Wildman–Crippen MR) is 79.7 cm³/mol. The first kappa shape index (κ1) is 15.1. The number of rotatable bonds is 3. The van der Waals surface area contributed by atoms with Gasteiger partial charge in [-0.1, -0.05) is 29.3 Å². The fourth-order valence-electron chi connectivity index (χ4n) is 1.73. The molecule has 1 aromatic carbocycles. The van der Waals surface area contributed by atoms with Gasteiger partial charge >= 0.3 is 0 Å². The van der Waals surface area contributed by atoms with Crippen LogP contribution in [0.2, 0.25) is 10.0 Å². The van der Waals surface area contributed by atoms with E-state index in [-0.39, 0.29) is 17.7 Å². The van der Waals surface area contributed by atoms with E-state index in [1.54, 1.807) is 18.2 Å². The summed E-state index contributed by atoms with van der Waals surface area (Å²) in [6, 6.07) is 7.51. The molecule has 2 rings (SSSR count). The normalized spacial score (nSPS) is 10.0. The molecule has 0 atom stereocenters. The number of carbonyl (C=O) groups excluding carboxylic acids is 1. The van der Waals surface area contributed by atoms with Crippen molar-refractivity contribution >= 4 is 29.1 Å². The van der Waals surface area contributed by atoms with E-state index in [4.69, 9.17) is 28.7 Å². The third-order valence-electron chi connectivity index (χ3n) is 2.76. The van der Waals surface area contributed by atoms with Gasteiger partial charge in [0.25, 0.3) is 11.5 Å². The minimum absolute atomic E-state index is 0.106. The number of hydrogen-bond acceptors (Lipinski definition) is 2. The Kier molecular flexibility index (Phi) is 4.65.